The van der Waals surface area contributed by atoms with Crippen molar-refractivity contribution in [2.45, 2.75) is 44.0 Å². The number of aromatic amines is 1. The number of rotatable bonds is 7. The van der Waals surface area contributed by atoms with Crippen LogP contribution in [0.4, 0.5) is 4.39 Å². The Balaban J connectivity index is 1.31. The van der Waals surface area contributed by atoms with E-state index in [-0.39, 0.29) is 29.4 Å². The summed E-state index contributed by atoms with van der Waals surface area (Å²) < 4.78 is 13.5. The molecule has 0 saturated carbocycles. The van der Waals surface area contributed by atoms with Crippen LogP contribution in [0.2, 0.25) is 0 Å². The van der Waals surface area contributed by atoms with Crippen LogP contribution < -0.4 is 10.9 Å². The van der Waals surface area contributed by atoms with Gasteiger partial charge >= 0.3 is 0 Å². The molecule has 2 heterocycles. The van der Waals surface area contributed by atoms with Crippen LogP contribution >= 0.6 is 0 Å². The van der Waals surface area contributed by atoms with Gasteiger partial charge in [0.05, 0.1) is 6.10 Å². The van der Waals surface area contributed by atoms with Gasteiger partial charge in [-0.1, -0.05) is 30.3 Å². The molecule has 3 N–H and O–H groups in total. The van der Waals surface area contributed by atoms with Gasteiger partial charge in [-0.25, -0.2) is 4.39 Å². The van der Waals surface area contributed by atoms with E-state index in [9.17, 15) is 19.1 Å². The van der Waals surface area contributed by atoms with E-state index < -0.39 is 6.10 Å². The summed E-state index contributed by atoms with van der Waals surface area (Å²) in [6.45, 7) is 0.401. The van der Waals surface area contributed by atoms with E-state index in [1.165, 1.54) is 18.2 Å². The molecule has 3 aromatic rings. The lowest BCUT2D eigenvalue weighted by Crippen LogP contribution is -2.35. The number of amides is 1. The molecule has 0 spiro atoms. The Labute approximate surface area is 192 Å². The normalized spacial score (nSPS) is 18.8. The zero-order valence-electron chi connectivity index (χ0n) is 18.5. The number of carbonyl (C=O) groups excluding carboxylic acids is 1. The molecule has 0 aliphatic carbocycles. The predicted octanol–water partition coefficient (Wildman–Crippen LogP) is 3.18. The Morgan fingerprint density at radius 3 is 2.58 bits per heavy atom. The first-order chi connectivity index (χ1) is 15.9. The zero-order valence-corrected chi connectivity index (χ0v) is 18.5. The molecule has 1 aliphatic heterocycles. The molecule has 1 fully saturated rings. The second-order valence-corrected chi connectivity index (χ2v) is 8.67. The maximum Gasteiger partial charge on any atom is 0.253 e. The van der Waals surface area contributed by atoms with Crippen molar-refractivity contribution in [3.05, 3.63) is 105 Å². The number of aliphatic hydroxyl groups excluding tert-OH is 1. The Hall–Kier alpha value is -3.29. The van der Waals surface area contributed by atoms with Crippen LogP contribution in [-0.2, 0) is 13.0 Å². The van der Waals surface area contributed by atoms with Crippen LogP contribution in [-0.4, -0.2) is 40.0 Å². The fraction of sp³-hybridized carbons (Fsp3) is 0.308. The van der Waals surface area contributed by atoms with Crippen LogP contribution in [0.1, 0.15) is 46.0 Å². The Morgan fingerprint density at radius 2 is 1.88 bits per heavy atom. The van der Waals surface area contributed by atoms with E-state index in [1.807, 2.05) is 24.3 Å². The summed E-state index contributed by atoms with van der Waals surface area (Å²) in [7, 11) is 1.73. The molecule has 1 aromatic heterocycles. The van der Waals surface area contributed by atoms with Gasteiger partial charge in [0.1, 0.15) is 5.82 Å². The fourth-order valence-electron chi connectivity index (χ4n) is 4.36. The van der Waals surface area contributed by atoms with Gasteiger partial charge < -0.3 is 20.3 Å². The number of benzene rings is 2. The number of hydrogen-bond donors (Lipinski definition) is 3. The van der Waals surface area contributed by atoms with Crippen LogP contribution in [0.3, 0.4) is 0 Å². The lowest BCUT2D eigenvalue weighted by Gasteiger charge is -2.21. The zero-order chi connectivity index (χ0) is 23.4. The van der Waals surface area contributed by atoms with Crippen molar-refractivity contribution >= 4 is 5.91 Å². The van der Waals surface area contributed by atoms with Crippen LogP contribution in [0.5, 0.6) is 0 Å². The summed E-state index contributed by atoms with van der Waals surface area (Å²) in [5.74, 6) is -0.440. The third kappa shape index (κ3) is 5.74. The molecule has 1 amide bonds. The molecular formula is C26H28FN3O3. The highest BCUT2D eigenvalue weighted by atomic mass is 19.1. The predicted molar refractivity (Wildman–Crippen MR) is 124 cm³/mol. The molecule has 1 saturated heterocycles. The van der Waals surface area contributed by atoms with Crippen LogP contribution in [0.15, 0.2) is 71.7 Å². The number of hydrogen-bond acceptors (Lipinski definition) is 4. The Morgan fingerprint density at radius 1 is 1.12 bits per heavy atom. The molecular weight excluding hydrogens is 421 g/mol. The van der Waals surface area contributed by atoms with E-state index in [0.29, 0.717) is 17.7 Å². The second-order valence-electron chi connectivity index (χ2n) is 8.67. The molecule has 7 heteroatoms. The number of H-pyrrole nitrogens is 1. The van der Waals surface area contributed by atoms with Gasteiger partial charge in [-0.15, -0.1) is 0 Å². The lowest BCUT2D eigenvalue weighted by atomic mass is 10.0. The number of nitrogens with zero attached hydrogens (tertiary/aromatic N) is 1. The molecule has 2 aromatic carbocycles. The van der Waals surface area contributed by atoms with Gasteiger partial charge in [-0.2, -0.15) is 0 Å². The highest BCUT2D eigenvalue weighted by molar-refractivity contribution is 5.94. The van der Waals surface area contributed by atoms with Crippen molar-refractivity contribution in [3.8, 4) is 0 Å². The van der Waals surface area contributed by atoms with Gasteiger partial charge in [0.2, 0.25) is 5.56 Å². The van der Waals surface area contributed by atoms with E-state index >= 15 is 0 Å². The van der Waals surface area contributed by atoms with Crippen molar-refractivity contribution in [1.82, 2.24) is 15.2 Å². The summed E-state index contributed by atoms with van der Waals surface area (Å²) in [5, 5.41) is 14.1. The number of pyridine rings is 1. The van der Waals surface area contributed by atoms with Crippen molar-refractivity contribution in [2.24, 2.45) is 0 Å². The van der Waals surface area contributed by atoms with Crippen LogP contribution in [0, 0.1) is 5.82 Å². The topological polar surface area (TPSA) is 85.4 Å². The number of carbonyl (C=O) groups is 1. The minimum absolute atomic E-state index is 0.0926. The Bertz CT molecular complexity index is 1140. The minimum Gasteiger partial charge on any atom is -0.387 e. The standard InChI is InChI=1S/C26H28FN3O3/c1-30(16-18-7-12-24(31)28-15-18)26(33)19-8-5-17(6-9-19)13-22-10-11-23(29-22)25(32)20-3-2-4-21(27)14-20/h2-9,12,14-15,22-23,25,29,32H,10-11,13,16H2,1H3,(H,28,31). The molecule has 4 rings (SSSR count). The first-order valence-electron chi connectivity index (χ1n) is 11.1. The molecule has 0 bridgehead atoms. The fourth-order valence-corrected chi connectivity index (χ4v) is 4.36. The van der Waals surface area contributed by atoms with E-state index in [1.54, 1.807) is 36.3 Å². The third-order valence-electron chi connectivity index (χ3n) is 6.15. The summed E-state index contributed by atoms with van der Waals surface area (Å²) in [5.41, 5.74) is 2.97. The highest BCUT2D eigenvalue weighted by Gasteiger charge is 2.30. The number of nitrogens with one attached hydrogen (secondary N) is 2. The second kappa shape index (κ2) is 10.1. The monoisotopic (exact) mass is 449 g/mol. The average molecular weight is 450 g/mol. The number of aromatic nitrogens is 1. The van der Waals surface area contributed by atoms with Crippen molar-refractivity contribution in [3.63, 3.8) is 0 Å². The molecule has 33 heavy (non-hydrogen) atoms. The Kier molecular flexibility index (Phi) is 7.01. The van der Waals surface area contributed by atoms with Gasteiger partial charge in [0.25, 0.3) is 5.91 Å². The van der Waals surface area contributed by atoms with Gasteiger partial charge in [0.15, 0.2) is 0 Å². The van der Waals surface area contributed by atoms with Crippen LogP contribution in [0.25, 0.3) is 0 Å². The maximum absolute atomic E-state index is 13.5. The molecule has 3 atom stereocenters. The van der Waals surface area contributed by atoms with Crippen molar-refractivity contribution in [2.75, 3.05) is 7.05 Å². The summed E-state index contributed by atoms with van der Waals surface area (Å²) in [6.07, 6.45) is 3.38. The van der Waals surface area contributed by atoms with E-state index in [2.05, 4.69) is 10.3 Å². The molecule has 6 nitrogen and oxygen atoms in total. The van der Waals surface area contributed by atoms with Gasteiger partial charge in [-0.3, -0.25) is 9.59 Å². The first kappa shape index (κ1) is 22.9. The maximum atomic E-state index is 13.5. The highest BCUT2D eigenvalue weighted by Crippen LogP contribution is 2.27. The van der Waals surface area contributed by atoms with Crippen molar-refractivity contribution in [1.29, 1.82) is 0 Å². The van der Waals surface area contributed by atoms with E-state index in [4.69, 9.17) is 0 Å². The first-order valence-corrected chi connectivity index (χ1v) is 11.1. The minimum atomic E-state index is -0.747. The summed E-state index contributed by atoms with van der Waals surface area (Å²) in [4.78, 5) is 28.1. The number of aliphatic hydroxyl groups is 1. The summed E-state index contributed by atoms with van der Waals surface area (Å²) >= 11 is 0. The van der Waals surface area contributed by atoms with Crippen molar-refractivity contribution < 1.29 is 14.3 Å². The number of halogens is 1. The van der Waals surface area contributed by atoms with Gasteiger partial charge in [-0.05, 0) is 60.2 Å². The molecule has 3 unspecified atom stereocenters. The quantitative estimate of drug-likeness (QED) is 0.517. The SMILES string of the molecule is CN(Cc1ccc(=O)[nH]c1)C(=O)c1ccc(CC2CCC(C(O)c3cccc(F)c3)N2)cc1. The smallest absolute Gasteiger partial charge is 0.253 e. The molecule has 1 aliphatic rings. The van der Waals surface area contributed by atoms with E-state index in [0.717, 1.165) is 30.4 Å². The third-order valence-corrected chi connectivity index (χ3v) is 6.15. The largest absolute Gasteiger partial charge is 0.387 e. The molecule has 0 radical (unpaired) electrons. The summed E-state index contributed by atoms with van der Waals surface area (Å²) in [6, 6.07) is 16.9. The average Bonchev–Trinajstić information content (AvgIpc) is 3.28. The molecule has 172 valence electrons. The van der Waals surface area contributed by atoms with Gasteiger partial charge in [0, 0.05) is 43.5 Å². The lowest BCUT2D eigenvalue weighted by molar-refractivity contribution is 0.0785.